The first kappa shape index (κ1) is 9.64. The van der Waals surface area contributed by atoms with E-state index in [1.807, 2.05) is 9.36 Å². The molecule has 5 saturated carbocycles. The Morgan fingerprint density at radius 3 is 1.80 bits per heavy atom. The van der Waals surface area contributed by atoms with Crippen molar-refractivity contribution in [1.82, 2.24) is 13.9 Å². The van der Waals surface area contributed by atoms with Crippen LogP contribution in [0, 0.1) is 34.5 Å². The zero-order valence-corrected chi connectivity index (χ0v) is 11.5. The van der Waals surface area contributed by atoms with Gasteiger partial charge in [-0.3, -0.25) is 0 Å². The van der Waals surface area contributed by atoms with E-state index in [1.165, 1.54) is 30.3 Å². The Labute approximate surface area is 115 Å². The summed E-state index contributed by atoms with van der Waals surface area (Å²) < 4.78 is 5.12. The molecule has 0 unspecified atom stereocenters. The van der Waals surface area contributed by atoms with E-state index in [0.29, 0.717) is 22.9 Å². The highest BCUT2D eigenvalue weighted by molar-refractivity contribution is 5.48. The summed E-state index contributed by atoms with van der Waals surface area (Å²) >= 11 is 0. The van der Waals surface area contributed by atoms with Gasteiger partial charge in [-0.2, -0.15) is 0 Å². The molecule has 0 N–H and O–H groups in total. The first-order chi connectivity index (χ1) is 9.68. The molecule has 5 fully saturated rings. The molecule has 5 aliphatic carbocycles. The molecule has 5 nitrogen and oxygen atoms in total. The molecule has 1 aromatic rings. The molecule has 2 spiro atoms. The molecule has 2 aliphatic heterocycles. The summed E-state index contributed by atoms with van der Waals surface area (Å²) in [5, 5.41) is 0. The Hall–Kier alpha value is -1.26. The molecule has 0 amide bonds. The molecule has 1 aromatic heterocycles. The molecule has 0 aromatic carbocycles. The highest BCUT2D eigenvalue weighted by Crippen LogP contribution is 3.04. The average Bonchev–Trinajstić information content (AvgIpc) is 2.64. The maximum Gasteiger partial charge on any atom is 0.347 e. The molecular weight excluding hydrogens is 254 g/mol. The van der Waals surface area contributed by atoms with Crippen LogP contribution >= 0.6 is 0 Å². The van der Waals surface area contributed by atoms with Gasteiger partial charge in [0.2, 0.25) is 0 Å². The second-order valence-electron chi connectivity index (χ2n) is 8.20. The molecule has 2 bridgehead atoms. The maximum absolute atomic E-state index is 12.5. The minimum absolute atomic E-state index is 0.0641. The van der Waals surface area contributed by atoms with Crippen molar-refractivity contribution in [2.45, 2.75) is 37.8 Å². The third-order valence-corrected chi connectivity index (χ3v) is 8.66. The molecule has 8 rings (SSSR count). The van der Waals surface area contributed by atoms with Crippen LogP contribution in [0.15, 0.2) is 9.59 Å². The van der Waals surface area contributed by atoms with Crippen LogP contribution < -0.4 is 11.4 Å². The van der Waals surface area contributed by atoms with Crippen molar-refractivity contribution in [3.8, 4) is 0 Å². The van der Waals surface area contributed by atoms with Crippen molar-refractivity contribution in [1.29, 1.82) is 0 Å². The van der Waals surface area contributed by atoms with Gasteiger partial charge in [0.05, 0.1) is 12.1 Å². The molecule has 3 heterocycles. The smallest absolute Gasteiger partial charge is 0.246 e. The van der Waals surface area contributed by atoms with Gasteiger partial charge in [0, 0.05) is 17.9 Å². The SMILES string of the molecule is Cn1c(=O)n2n(c1=O)[C@H]1[C@@H]3[C@@H]4[C@@H]5[C@@H]3[C@]13CCCC[C@]53[C@H]42. The number of nitrogens with zero attached hydrogens (tertiary/aromatic N) is 3. The van der Waals surface area contributed by atoms with Crippen molar-refractivity contribution in [3.05, 3.63) is 21.0 Å². The molecule has 5 heteroatoms. The largest absolute Gasteiger partial charge is 0.347 e. The van der Waals surface area contributed by atoms with Crippen LogP contribution in [0.4, 0.5) is 0 Å². The van der Waals surface area contributed by atoms with Crippen molar-refractivity contribution in [3.63, 3.8) is 0 Å². The van der Waals surface area contributed by atoms with Crippen molar-refractivity contribution < 1.29 is 0 Å². The second kappa shape index (κ2) is 2.18. The van der Waals surface area contributed by atoms with Gasteiger partial charge < -0.3 is 0 Å². The maximum atomic E-state index is 12.5. The molecule has 7 aliphatic rings. The third kappa shape index (κ3) is 0.482. The van der Waals surface area contributed by atoms with E-state index >= 15 is 0 Å². The monoisotopic (exact) mass is 271 g/mol. The summed E-state index contributed by atoms with van der Waals surface area (Å²) in [4.78, 5) is 25.0. The van der Waals surface area contributed by atoms with Crippen LogP contribution in [-0.4, -0.2) is 13.9 Å². The second-order valence-corrected chi connectivity index (χ2v) is 8.20. The van der Waals surface area contributed by atoms with Gasteiger partial charge in [-0.25, -0.2) is 23.5 Å². The summed E-state index contributed by atoms with van der Waals surface area (Å²) in [5.74, 6) is 3.32. The van der Waals surface area contributed by atoms with Crippen molar-refractivity contribution >= 4 is 0 Å². The molecule has 104 valence electrons. The summed E-state index contributed by atoms with van der Waals surface area (Å²) in [5.41, 5.74) is 0.728. The highest BCUT2D eigenvalue weighted by atomic mass is 16.2. The Balaban J connectivity index is 1.65. The topological polar surface area (TPSA) is 48.9 Å². The molecule has 8 atom stereocenters. The highest BCUT2D eigenvalue weighted by Gasteiger charge is 3.02. The quantitative estimate of drug-likeness (QED) is 0.690. The zero-order chi connectivity index (χ0) is 13.2. The van der Waals surface area contributed by atoms with E-state index in [1.54, 1.807) is 7.05 Å². The summed E-state index contributed by atoms with van der Waals surface area (Å²) in [7, 11) is 1.64. The lowest BCUT2D eigenvalue weighted by Crippen LogP contribution is -3.01. The molecule has 0 radical (unpaired) electrons. The van der Waals surface area contributed by atoms with E-state index in [-0.39, 0.29) is 11.4 Å². The van der Waals surface area contributed by atoms with Gasteiger partial charge in [0.25, 0.3) is 0 Å². The summed E-state index contributed by atoms with van der Waals surface area (Å²) in [6, 6.07) is 0.739. The lowest BCUT2D eigenvalue weighted by Gasteiger charge is -3.02. The number of hydrogen-bond donors (Lipinski definition) is 0. The predicted octanol–water partition coefficient (Wildman–Crippen LogP) is 0.510. The lowest BCUT2D eigenvalue weighted by molar-refractivity contribution is -0.559. The number of hydrogen-bond acceptors (Lipinski definition) is 2. The fraction of sp³-hybridized carbons (Fsp3) is 0.867. The van der Waals surface area contributed by atoms with E-state index in [2.05, 4.69) is 0 Å². The average molecular weight is 271 g/mol. The standard InChI is InChI=1S/C15H17N3O2/c1-16-12(19)17-10-6-7-9-8(6)14(10)4-2-3-5-15(9,14)11(7)18(17)13(16)20/h6-11H,2-5H2,1H3/t6-,7-,8-,9-,10+,11+,14-,15-/m1/s1. The molecule has 0 saturated heterocycles. The van der Waals surface area contributed by atoms with Crippen molar-refractivity contribution in [2.24, 2.45) is 41.5 Å². The van der Waals surface area contributed by atoms with Gasteiger partial charge in [0.15, 0.2) is 0 Å². The van der Waals surface area contributed by atoms with Gasteiger partial charge in [-0.15, -0.1) is 0 Å². The van der Waals surface area contributed by atoms with Crippen molar-refractivity contribution in [2.75, 3.05) is 0 Å². The Kier molecular flexibility index (Phi) is 1.05. The zero-order valence-electron chi connectivity index (χ0n) is 11.5. The summed E-state index contributed by atoms with van der Waals surface area (Å²) in [6.45, 7) is 0. The fourth-order valence-corrected chi connectivity index (χ4v) is 8.64. The van der Waals surface area contributed by atoms with E-state index < -0.39 is 0 Å². The van der Waals surface area contributed by atoms with Gasteiger partial charge in [-0.05, 0) is 36.5 Å². The van der Waals surface area contributed by atoms with Crippen LogP contribution in [-0.2, 0) is 7.05 Å². The number of rotatable bonds is 0. The first-order valence-corrected chi connectivity index (χ1v) is 8.08. The fourth-order valence-electron chi connectivity index (χ4n) is 8.64. The lowest BCUT2D eigenvalue weighted by atomic mass is 9.04. The Morgan fingerprint density at radius 2 is 1.35 bits per heavy atom. The van der Waals surface area contributed by atoms with Gasteiger partial charge >= 0.3 is 11.4 Å². The molecular formula is C15H17N3O2. The van der Waals surface area contributed by atoms with E-state index in [9.17, 15) is 9.59 Å². The van der Waals surface area contributed by atoms with Gasteiger partial charge in [-0.1, -0.05) is 12.8 Å². The van der Waals surface area contributed by atoms with Crippen LogP contribution in [0.1, 0.15) is 37.8 Å². The third-order valence-electron chi connectivity index (χ3n) is 8.66. The normalized spacial score (nSPS) is 61.2. The minimum Gasteiger partial charge on any atom is -0.246 e. The predicted molar refractivity (Wildman–Crippen MR) is 69.3 cm³/mol. The Morgan fingerprint density at radius 1 is 0.900 bits per heavy atom. The summed E-state index contributed by atoms with van der Waals surface area (Å²) in [6.07, 6.45) is 5.29. The molecule has 20 heavy (non-hydrogen) atoms. The van der Waals surface area contributed by atoms with Crippen LogP contribution in [0.5, 0.6) is 0 Å². The van der Waals surface area contributed by atoms with E-state index in [0.717, 1.165) is 23.7 Å². The minimum atomic E-state index is -0.0641. The Bertz CT molecular complexity index is 779. The van der Waals surface area contributed by atoms with Crippen LogP contribution in [0.25, 0.3) is 0 Å². The van der Waals surface area contributed by atoms with Gasteiger partial charge in [0.1, 0.15) is 0 Å². The number of aromatic nitrogens is 3. The van der Waals surface area contributed by atoms with Crippen LogP contribution in [0.2, 0.25) is 0 Å². The van der Waals surface area contributed by atoms with E-state index in [4.69, 9.17) is 0 Å². The first-order valence-electron chi connectivity index (χ1n) is 8.08. The van der Waals surface area contributed by atoms with Crippen LogP contribution in [0.3, 0.4) is 0 Å².